The van der Waals surface area contributed by atoms with E-state index in [2.05, 4.69) is 79.1 Å². The number of fused-ring (bicyclic) bond motifs is 7. The van der Waals surface area contributed by atoms with Crippen molar-refractivity contribution < 1.29 is 0 Å². The number of para-hydroxylation sites is 1. The van der Waals surface area contributed by atoms with E-state index in [1.165, 1.54) is 0 Å². The molecule has 10 aromatic rings. The number of nitriles is 1. The lowest BCUT2D eigenvalue weighted by molar-refractivity contribution is 1.000. The Morgan fingerprint density at radius 2 is 1.39 bits per heavy atom. The maximum absolute atomic E-state index is 10.5. The van der Waals surface area contributed by atoms with Gasteiger partial charge in [-0.15, -0.1) is 22.7 Å². The second kappa shape index (κ2) is 9.49. The third-order valence-electron chi connectivity index (χ3n) is 8.58. The highest BCUT2D eigenvalue weighted by Crippen LogP contribution is 2.39. The van der Waals surface area contributed by atoms with Crippen LogP contribution in [0, 0.1) is 11.3 Å². The van der Waals surface area contributed by atoms with Crippen molar-refractivity contribution in [2.24, 2.45) is 0 Å². The summed E-state index contributed by atoms with van der Waals surface area (Å²) >= 11 is 3.37. The Morgan fingerprint density at radius 3 is 2.15 bits per heavy atom. The smallest absolute Gasteiger partial charge is 0.165 e. The van der Waals surface area contributed by atoms with Gasteiger partial charge in [0.15, 0.2) is 11.3 Å². The lowest BCUT2D eigenvalue weighted by Crippen LogP contribution is -2.24. The van der Waals surface area contributed by atoms with Crippen molar-refractivity contribution in [3.05, 3.63) is 129 Å². The van der Waals surface area contributed by atoms with Crippen LogP contribution in [0.3, 0.4) is 0 Å². The maximum Gasteiger partial charge on any atom is 0.165 e. The molecular formula is C36H18N8S2. The van der Waals surface area contributed by atoms with Gasteiger partial charge in [0.05, 0.1) is 40.1 Å². The Kier molecular flexibility index (Phi) is 5.22. The third-order valence-corrected chi connectivity index (χ3v) is 10.4. The third kappa shape index (κ3) is 3.33. The Bertz CT molecular complexity index is 2880. The summed E-state index contributed by atoms with van der Waals surface area (Å²) in [6, 6.07) is 25.0. The molecule has 0 aliphatic rings. The zero-order valence-electron chi connectivity index (χ0n) is 23.8. The van der Waals surface area contributed by atoms with Crippen molar-refractivity contribution in [2.45, 2.75) is 0 Å². The molecule has 0 aliphatic heterocycles. The normalized spacial score (nSPS) is 11.9. The van der Waals surface area contributed by atoms with Gasteiger partial charge in [0.2, 0.25) is 0 Å². The molecule has 0 atom stereocenters. The van der Waals surface area contributed by atoms with Crippen molar-refractivity contribution in [1.29, 1.82) is 5.26 Å². The predicted octanol–water partition coefficient (Wildman–Crippen LogP) is 7.41. The van der Waals surface area contributed by atoms with Gasteiger partial charge in [0.25, 0.3) is 0 Å². The molecule has 2 aromatic carbocycles. The Labute approximate surface area is 267 Å². The summed E-state index contributed by atoms with van der Waals surface area (Å²) in [4.78, 5) is 26.5. The van der Waals surface area contributed by atoms with Gasteiger partial charge in [-0.3, -0.25) is 18.8 Å². The van der Waals surface area contributed by atoms with E-state index in [1.54, 1.807) is 53.7 Å². The average Bonchev–Trinajstić information content (AvgIpc) is 3.92. The van der Waals surface area contributed by atoms with Crippen LogP contribution in [0.2, 0.25) is 0 Å². The zero-order valence-corrected chi connectivity index (χ0v) is 25.4. The lowest BCUT2D eigenvalue weighted by atomic mass is 10.0. The first kappa shape index (κ1) is 25.3. The molecule has 0 unspecified atom stereocenters. The summed E-state index contributed by atoms with van der Waals surface area (Å²) in [5, 5.41) is 18.5. The van der Waals surface area contributed by atoms with Crippen LogP contribution >= 0.6 is 22.7 Å². The first-order valence-electron chi connectivity index (χ1n) is 14.5. The van der Waals surface area contributed by atoms with Gasteiger partial charge in [-0.2, -0.15) is 5.26 Å². The first-order chi connectivity index (χ1) is 22.8. The molecule has 10 heteroatoms. The molecule has 8 heterocycles. The average molecular weight is 627 g/mol. The number of thiophene rings is 2. The van der Waals surface area contributed by atoms with Gasteiger partial charge >= 0.3 is 0 Å². The molecule has 0 amide bonds. The zero-order chi connectivity index (χ0) is 30.4. The van der Waals surface area contributed by atoms with Gasteiger partial charge in [0, 0.05) is 61.7 Å². The van der Waals surface area contributed by atoms with E-state index < -0.39 is 0 Å². The van der Waals surface area contributed by atoms with E-state index in [4.69, 9.17) is 19.9 Å². The first-order valence-corrected chi connectivity index (χ1v) is 16.3. The monoisotopic (exact) mass is 626 g/mol. The molecule has 8 aromatic heterocycles. The van der Waals surface area contributed by atoms with Gasteiger partial charge in [-0.1, -0.05) is 36.4 Å². The molecule has 0 saturated heterocycles. The van der Waals surface area contributed by atoms with E-state index in [1.807, 2.05) is 18.2 Å². The highest BCUT2D eigenvalue weighted by Gasteiger charge is 2.25. The van der Waals surface area contributed by atoms with Crippen molar-refractivity contribution in [2.75, 3.05) is 0 Å². The number of hydrogen-bond acceptors (Lipinski definition) is 8. The van der Waals surface area contributed by atoms with Crippen LogP contribution in [0.25, 0.3) is 71.7 Å². The van der Waals surface area contributed by atoms with Gasteiger partial charge < -0.3 is 0 Å². The quantitative estimate of drug-likeness (QED) is 0.203. The van der Waals surface area contributed by atoms with E-state index in [9.17, 15) is 5.26 Å². The molecule has 8 nitrogen and oxygen atoms in total. The minimum Gasteiger partial charge on any atom is -0.276 e. The standard InChI is InChI=1S/C36H18N8S2/c37-18-21-8-9-23-22-4-1-5-24-30-34(40-15-14-39-30)43(32(22)24)36(29(26-6-2-16-45-26)27-7-3-17-46-27)44-33(23)28(21)31-35(44)41-19-25(42-31)20-10-12-38-13-11-20/h1-17,19H. The summed E-state index contributed by atoms with van der Waals surface area (Å²) in [6.45, 7) is 0. The lowest BCUT2D eigenvalue weighted by Gasteiger charge is -2.08. The van der Waals surface area contributed by atoms with E-state index >= 15 is 0 Å². The Hall–Kier alpha value is -6.02. The fourth-order valence-electron chi connectivity index (χ4n) is 6.76. The Morgan fingerprint density at radius 1 is 0.674 bits per heavy atom. The second-order valence-corrected chi connectivity index (χ2v) is 12.8. The topological polar surface area (TPSA) is 97.1 Å². The van der Waals surface area contributed by atoms with E-state index in [0.717, 1.165) is 70.1 Å². The highest BCUT2D eigenvalue weighted by molar-refractivity contribution is 7.13. The maximum atomic E-state index is 10.5. The number of pyridine rings is 1. The minimum atomic E-state index is 0.542. The number of nitrogens with zero attached hydrogens (tertiary/aromatic N) is 8. The number of benzene rings is 2. The number of hydrogen-bond donors (Lipinski definition) is 0. The molecule has 0 fully saturated rings. The fraction of sp³-hybridized carbons (Fsp3) is 0. The summed E-state index contributed by atoms with van der Waals surface area (Å²) in [5.74, 6) is 0. The fourth-order valence-corrected chi connectivity index (χ4v) is 8.38. The van der Waals surface area contributed by atoms with Crippen molar-refractivity contribution in [3.63, 3.8) is 0 Å². The van der Waals surface area contributed by atoms with Crippen LogP contribution in [0.4, 0.5) is 0 Å². The minimum absolute atomic E-state index is 0.542. The molecule has 214 valence electrons. The van der Waals surface area contributed by atoms with E-state index in [0.29, 0.717) is 22.4 Å². The Balaban J connectivity index is 1.62. The molecular weight excluding hydrogens is 609 g/mol. The largest absolute Gasteiger partial charge is 0.276 e. The summed E-state index contributed by atoms with van der Waals surface area (Å²) in [7, 11) is 0. The van der Waals surface area contributed by atoms with Crippen LogP contribution in [-0.4, -0.2) is 33.7 Å². The highest BCUT2D eigenvalue weighted by atomic mass is 32.1. The molecule has 0 N–H and O–H groups in total. The summed E-state index contributed by atoms with van der Waals surface area (Å²) in [5.41, 5.74) is 8.85. The van der Waals surface area contributed by atoms with E-state index in [-0.39, 0.29) is 0 Å². The van der Waals surface area contributed by atoms with Crippen LogP contribution in [-0.2, 0) is 0 Å². The van der Waals surface area contributed by atoms with Crippen molar-refractivity contribution >= 4 is 83.2 Å². The number of rotatable bonds is 3. The van der Waals surface area contributed by atoms with Crippen LogP contribution in [0.1, 0.15) is 15.3 Å². The van der Waals surface area contributed by atoms with Crippen molar-refractivity contribution in [1.82, 2.24) is 33.7 Å². The van der Waals surface area contributed by atoms with Crippen LogP contribution in [0.15, 0.2) is 108 Å². The molecule has 0 spiro atoms. The summed E-state index contributed by atoms with van der Waals surface area (Å²) in [6.07, 6.45) is 8.79. The van der Waals surface area contributed by atoms with Gasteiger partial charge in [-0.25, -0.2) is 15.0 Å². The number of aromatic nitrogens is 7. The predicted molar refractivity (Wildman–Crippen MR) is 183 cm³/mol. The van der Waals surface area contributed by atoms with Crippen LogP contribution < -0.4 is 5.48 Å². The molecule has 0 radical (unpaired) electrons. The second-order valence-electron chi connectivity index (χ2n) is 10.9. The molecule has 0 bridgehead atoms. The van der Waals surface area contributed by atoms with Crippen molar-refractivity contribution in [3.8, 4) is 17.3 Å². The SMILES string of the molecule is N#Cc1ccc2c3cccc4c5nccnc5n(c(=C(c5cccs5)c5cccs5)n5c6ncc(-c7ccncc7)nc6c1c25)c34. The molecule has 0 saturated carbocycles. The molecule has 10 rings (SSSR count). The van der Waals surface area contributed by atoms with Gasteiger partial charge in [0.1, 0.15) is 16.5 Å². The van der Waals surface area contributed by atoms with Crippen LogP contribution in [0.5, 0.6) is 0 Å². The van der Waals surface area contributed by atoms with Gasteiger partial charge in [-0.05, 0) is 41.1 Å². The molecule has 46 heavy (non-hydrogen) atoms. The molecule has 0 aliphatic carbocycles. The summed E-state index contributed by atoms with van der Waals surface area (Å²) < 4.78 is 4.44.